The average molecular weight is 388 g/mol. The molecule has 2 N–H and O–H groups in total. The number of halogens is 2. The molecule has 1 rings (SSSR count). The van der Waals surface area contributed by atoms with Crippen molar-refractivity contribution in [1.82, 2.24) is 5.32 Å². The van der Waals surface area contributed by atoms with E-state index in [1.54, 1.807) is 18.2 Å². The highest BCUT2D eigenvalue weighted by Crippen LogP contribution is 2.24. The number of carbonyl (C=O) groups excluding carboxylic acids is 2. The summed E-state index contributed by atoms with van der Waals surface area (Å²) in [4.78, 5) is 35.6. The number of hydrogen-bond donors (Lipinski definition) is 2. The summed E-state index contributed by atoms with van der Waals surface area (Å²) in [6, 6.07) is 3.98. The maximum atomic E-state index is 12.4. The summed E-state index contributed by atoms with van der Waals surface area (Å²) in [6.07, 6.45) is 0.704. The second-order valence-electron chi connectivity index (χ2n) is 6.56. The minimum Gasteiger partial charge on any atom is -0.480 e. The first-order valence-corrected chi connectivity index (χ1v) is 8.84. The lowest BCUT2D eigenvalue weighted by atomic mass is 9.90. The Morgan fingerprint density at radius 3 is 2.28 bits per heavy atom. The molecule has 0 heterocycles. The fourth-order valence-electron chi connectivity index (χ4n) is 2.47. The van der Waals surface area contributed by atoms with Crippen LogP contribution in [0.15, 0.2) is 18.2 Å². The van der Waals surface area contributed by atoms with E-state index in [0.717, 1.165) is 5.56 Å². The van der Waals surface area contributed by atoms with Crippen molar-refractivity contribution >= 4 is 40.9 Å². The standard InChI is InChI=1S/C18H23Cl2NO4/c1-10(2)6-13(17(23)21-11(3)18(24)25)9-14(22)7-12-4-5-15(19)16(20)8-12/h4-5,8,10-11,13H,6-7,9H2,1-3H3,(H,21,23)(H,24,25). The topological polar surface area (TPSA) is 83.5 Å². The van der Waals surface area contributed by atoms with Crippen molar-refractivity contribution in [3.8, 4) is 0 Å². The summed E-state index contributed by atoms with van der Waals surface area (Å²) in [6.45, 7) is 5.29. The van der Waals surface area contributed by atoms with Gasteiger partial charge in [0.1, 0.15) is 11.8 Å². The van der Waals surface area contributed by atoms with E-state index in [1.807, 2.05) is 13.8 Å². The third-order valence-electron chi connectivity index (χ3n) is 3.72. The van der Waals surface area contributed by atoms with E-state index < -0.39 is 23.8 Å². The summed E-state index contributed by atoms with van der Waals surface area (Å²) in [5.41, 5.74) is 0.724. The van der Waals surface area contributed by atoms with Gasteiger partial charge in [0.25, 0.3) is 0 Å². The third-order valence-corrected chi connectivity index (χ3v) is 4.45. The number of carbonyl (C=O) groups is 3. The van der Waals surface area contributed by atoms with Crippen molar-refractivity contribution in [3.05, 3.63) is 33.8 Å². The number of benzene rings is 1. The van der Waals surface area contributed by atoms with Crippen LogP contribution in [0, 0.1) is 11.8 Å². The molecular weight excluding hydrogens is 365 g/mol. The van der Waals surface area contributed by atoms with Crippen LogP contribution in [0.5, 0.6) is 0 Å². The smallest absolute Gasteiger partial charge is 0.325 e. The van der Waals surface area contributed by atoms with Crippen LogP contribution >= 0.6 is 23.2 Å². The zero-order valence-electron chi connectivity index (χ0n) is 14.5. The lowest BCUT2D eigenvalue weighted by molar-refractivity contribution is -0.142. The summed E-state index contributed by atoms with van der Waals surface area (Å²) in [5.74, 6) is -1.99. The quantitative estimate of drug-likeness (QED) is 0.675. The van der Waals surface area contributed by atoms with E-state index in [1.165, 1.54) is 6.92 Å². The number of ketones is 1. The Balaban J connectivity index is 2.75. The van der Waals surface area contributed by atoms with E-state index in [4.69, 9.17) is 28.3 Å². The van der Waals surface area contributed by atoms with Crippen LogP contribution in [0.1, 0.15) is 39.2 Å². The maximum Gasteiger partial charge on any atom is 0.325 e. The molecule has 7 heteroatoms. The van der Waals surface area contributed by atoms with Crippen molar-refractivity contribution in [2.24, 2.45) is 11.8 Å². The molecule has 0 aliphatic rings. The summed E-state index contributed by atoms with van der Waals surface area (Å²) >= 11 is 11.8. The fraction of sp³-hybridized carbons (Fsp3) is 0.500. The SMILES string of the molecule is CC(C)CC(CC(=O)Cc1ccc(Cl)c(Cl)c1)C(=O)NC(C)C(=O)O. The molecule has 2 unspecified atom stereocenters. The van der Waals surface area contributed by atoms with Crippen LogP contribution in [0.3, 0.4) is 0 Å². The molecule has 5 nitrogen and oxygen atoms in total. The van der Waals surface area contributed by atoms with Gasteiger partial charge in [-0.1, -0.05) is 43.1 Å². The molecule has 1 aromatic rings. The molecule has 0 spiro atoms. The number of amides is 1. The van der Waals surface area contributed by atoms with Crippen molar-refractivity contribution in [2.45, 2.75) is 46.1 Å². The van der Waals surface area contributed by atoms with Gasteiger partial charge in [0.05, 0.1) is 10.0 Å². The fourth-order valence-corrected chi connectivity index (χ4v) is 2.79. The Bertz CT molecular complexity index is 646. The number of carboxylic acid groups (broad SMARTS) is 1. The van der Waals surface area contributed by atoms with Gasteiger partial charge in [-0.3, -0.25) is 14.4 Å². The largest absolute Gasteiger partial charge is 0.480 e. The molecule has 0 saturated carbocycles. The van der Waals surface area contributed by atoms with Crippen molar-refractivity contribution in [3.63, 3.8) is 0 Å². The minimum absolute atomic E-state index is 0.0522. The van der Waals surface area contributed by atoms with Crippen LogP contribution in [0.25, 0.3) is 0 Å². The van der Waals surface area contributed by atoms with Crippen LogP contribution < -0.4 is 5.32 Å². The number of rotatable bonds is 9. The molecule has 25 heavy (non-hydrogen) atoms. The number of Topliss-reactive ketones (excluding diaryl/α,β-unsaturated/α-hetero) is 1. The number of carboxylic acids is 1. The van der Waals surface area contributed by atoms with Crippen molar-refractivity contribution in [1.29, 1.82) is 0 Å². The second-order valence-corrected chi connectivity index (χ2v) is 7.38. The molecule has 1 amide bonds. The highest BCUT2D eigenvalue weighted by Gasteiger charge is 2.25. The first kappa shape index (κ1) is 21.5. The van der Waals surface area contributed by atoms with E-state index in [2.05, 4.69) is 5.32 Å². The zero-order chi connectivity index (χ0) is 19.1. The molecule has 0 radical (unpaired) electrons. The van der Waals surface area contributed by atoms with Gasteiger partial charge in [-0.25, -0.2) is 0 Å². The summed E-state index contributed by atoms with van der Waals surface area (Å²) < 4.78 is 0. The van der Waals surface area contributed by atoms with Gasteiger partial charge >= 0.3 is 5.97 Å². The molecule has 0 aliphatic carbocycles. The molecule has 0 fully saturated rings. The minimum atomic E-state index is -1.11. The normalized spacial score (nSPS) is 13.4. The molecule has 0 aromatic heterocycles. The highest BCUT2D eigenvalue weighted by atomic mass is 35.5. The molecule has 2 atom stereocenters. The average Bonchev–Trinajstić information content (AvgIpc) is 2.49. The maximum absolute atomic E-state index is 12.4. The van der Waals surface area contributed by atoms with Gasteiger partial charge in [-0.05, 0) is 37.0 Å². The molecular formula is C18H23Cl2NO4. The van der Waals surface area contributed by atoms with E-state index >= 15 is 0 Å². The first-order chi connectivity index (χ1) is 11.6. The van der Waals surface area contributed by atoms with Crippen LogP contribution in [-0.4, -0.2) is 28.8 Å². The van der Waals surface area contributed by atoms with Gasteiger partial charge in [0, 0.05) is 18.8 Å². The molecule has 1 aromatic carbocycles. The van der Waals surface area contributed by atoms with Crippen LogP contribution in [-0.2, 0) is 20.8 Å². The first-order valence-electron chi connectivity index (χ1n) is 8.09. The number of nitrogens with one attached hydrogen (secondary N) is 1. The van der Waals surface area contributed by atoms with Crippen molar-refractivity contribution in [2.75, 3.05) is 0 Å². The predicted molar refractivity (Wildman–Crippen MR) is 98.0 cm³/mol. The molecule has 138 valence electrons. The van der Waals surface area contributed by atoms with Crippen LogP contribution in [0.4, 0.5) is 0 Å². The van der Waals surface area contributed by atoms with Gasteiger partial charge in [-0.15, -0.1) is 0 Å². The Labute approximate surface area is 157 Å². The molecule has 0 bridgehead atoms. The highest BCUT2D eigenvalue weighted by molar-refractivity contribution is 6.42. The van der Waals surface area contributed by atoms with E-state index in [0.29, 0.717) is 16.5 Å². The zero-order valence-corrected chi connectivity index (χ0v) is 16.0. The Morgan fingerprint density at radius 2 is 1.76 bits per heavy atom. The molecule has 0 saturated heterocycles. The van der Waals surface area contributed by atoms with E-state index in [-0.39, 0.29) is 24.5 Å². The lowest BCUT2D eigenvalue weighted by Crippen LogP contribution is -2.42. The Hall–Kier alpha value is -1.59. The summed E-state index contributed by atoms with van der Waals surface area (Å²) in [5, 5.41) is 12.1. The van der Waals surface area contributed by atoms with Gasteiger partial charge in [0.2, 0.25) is 5.91 Å². The Morgan fingerprint density at radius 1 is 1.12 bits per heavy atom. The van der Waals surface area contributed by atoms with Crippen LogP contribution in [0.2, 0.25) is 10.0 Å². The monoisotopic (exact) mass is 387 g/mol. The van der Waals surface area contributed by atoms with Crippen molar-refractivity contribution < 1.29 is 19.5 Å². The third kappa shape index (κ3) is 7.45. The van der Waals surface area contributed by atoms with Gasteiger partial charge < -0.3 is 10.4 Å². The Kier molecular flexibility index (Phi) is 8.39. The van der Waals surface area contributed by atoms with Gasteiger partial charge in [0.15, 0.2) is 0 Å². The molecule has 0 aliphatic heterocycles. The number of hydrogen-bond acceptors (Lipinski definition) is 3. The predicted octanol–water partition coefficient (Wildman–Crippen LogP) is 3.75. The second kappa shape index (κ2) is 9.78. The summed E-state index contributed by atoms with van der Waals surface area (Å²) in [7, 11) is 0. The van der Waals surface area contributed by atoms with E-state index in [9.17, 15) is 14.4 Å². The van der Waals surface area contributed by atoms with Gasteiger partial charge in [-0.2, -0.15) is 0 Å². The number of aliphatic carboxylic acids is 1. The lowest BCUT2D eigenvalue weighted by Gasteiger charge is -2.19.